The number of aromatic amines is 1. The number of rotatable bonds is 4. The molecule has 6 atom stereocenters. The summed E-state index contributed by atoms with van der Waals surface area (Å²) in [5.41, 5.74) is -1.46. The molecule has 3 aliphatic rings. The maximum absolute atomic E-state index is 13.6. The molecule has 252 valence electrons. The minimum absolute atomic E-state index is 0.0595. The second-order valence-corrected chi connectivity index (χ2v) is 16.2. The van der Waals surface area contributed by atoms with E-state index in [4.69, 9.17) is 18.0 Å². The molecule has 2 saturated heterocycles. The van der Waals surface area contributed by atoms with E-state index in [1.165, 1.54) is 17.2 Å². The van der Waals surface area contributed by atoms with Crippen LogP contribution in [0.4, 0.5) is 5.95 Å². The molecule has 1 unspecified atom stereocenters. The van der Waals surface area contributed by atoms with Crippen LogP contribution in [0, 0.1) is 11.8 Å². The van der Waals surface area contributed by atoms with E-state index in [9.17, 15) is 22.6 Å². The van der Waals surface area contributed by atoms with Crippen LogP contribution in [0.1, 0.15) is 39.2 Å². The zero-order valence-corrected chi connectivity index (χ0v) is 27.7. The van der Waals surface area contributed by atoms with Crippen LogP contribution < -0.4 is 15.6 Å². The molecule has 0 radical (unpaired) electrons. The molecular formula is C25H31N10O9PS2. The molecule has 22 heteroatoms. The molecule has 3 N–H and O–H groups in total. The summed E-state index contributed by atoms with van der Waals surface area (Å²) in [5.74, 6) is -1.44. The van der Waals surface area contributed by atoms with Crippen molar-refractivity contribution in [1.29, 1.82) is 0 Å². The van der Waals surface area contributed by atoms with Gasteiger partial charge in [-0.25, -0.2) is 28.7 Å². The molecule has 7 rings (SSSR count). The summed E-state index contributed by atoms with van der Waals surface area (Å²) in [7, 11) is -4.52. The summed E-state index contributed by atoms with van der Waals surface area (Å²) in [6.07, 6.45) is 4.90. The largest absolute Gasteiger partial charge is 0.386 e. The highest BCUT2D eigenvalue weighted by molar-refractivity contribution is 8.44. The third kappa shape index (κ3) is 6.33. The molecular weight excluding hydrogens is 679 g/mol. The molecule has 1 aliphatic carbocycles. The van der Waals surface area contributed by atoms with Crippen LogP contribution in [0.25, 0.3) is 22.3 Å². The van der Waals surface area contributed by atoms with Crippen molar-refractivity contribution >= 4 is 63.5 Å². The van der Waals surface area contributed by atoms with E-state index in [-0.39, 0.29) is 49.3 Å². The first-order chi connectivity index (χ1) is 22.3. The number of carbonyl (C=O) groups is 1. The molecule has 6 heterocycles. The molecule has 4 aromatic heterocycles. The van der Waals surface area contributed by atoms with Gasteiger partial charge in [-0.15, -0.1) is 0 Å². The number of fused-ring (bicyclic) bond motifs is 5. The monoisotopic (exact) mass is 710 g/mol. The number of amides is 1. The highest BCUT2D eigenvalue weighted by atomic mass is 32.7. The lowest BCUT2D eigenvalue weighted by Gasteiger charge is -2.29. The summed E-state index contributed by atoms with van der Waals surface area (Å²) >= 11 is 4.22. The standard InChI is InChI=1S/C25H31N10O9PS2/c1-13(2)22(36)32-24-31-21-19(23(37)33-24)29-12-35(21)25-5-16(41-9-25)8-42-45(38,46)43-18-4-15(3-14(18)6-30-47(39,40)44-25)34-11-28-17-7-26-10-27-20(17)34/h7,10-16,18,30H,3-6,8-9H2,1-2H3,(H,38,46)(H2,31,32,33,36,37)/t14-,15-,16+,18+,25+,45?/m1/s1. The van der Waals surface area contributed by atoms with E-state index in [0.29, 0.717) is 24.0 Å². The minimum Gasteiger partial charge on any atom is -0.371 e. The van der Waals surface area contributed by atoms with Gasteiger partial charge >= 0.3 is 17.1 Å². The van der Waals surface area contributed by atoms with Crippen molar-refractivity contribution in [2.24, 2.45) is 11.8 Å². The third-order valence-corrected chi connectivity index (χ3v) is 11.1. The molecule has 4 aromatic rings. The van der Waals surface area contributed by atoms with Crippen molar-refractivity contribution in [2.75, 3.05) is 25.1 Å². The summed E-state index contributed by atoms with van der Waals surface area (Å²) in [5, 5.41) is 2.53. The molecule has 19 nitrogen and oxygen atoms in total. The third-order valence-electron chi connectivity index (χ3n) is 8.42. The van der Waals surface area contributed by atoms with Crippen molar-refractivity contribution in [3.63, 3.8) is 0 Å². The Hall–Kier alpha value is -3.30. The highest BCUT2D eigenvalue weighted by Gasteiger charge is 2.50. The number of ether oxygens (including phenoxy) is 1. The smallest absolute Gasteiger partial charge is 0.371 e. The van der Waals surface area contributed by atoms with E-state index in [2.05, 4.69) is 52.2 Å². The lowest BCUT2D eigenvalue weighted by atomic mass is 10.1. The second-order valence-electron chi connectivity index (χ2n) is 12.0. The SMILES string of the molecule is CC(C)C(=O)Nc1nc2c(ncn2[C@]23CO[C@H](COP(=O)(S)O[C@H]4C[C@H](n5cnc6cncnc65)C[C@@H]4CNS(=O)(=O)O2)C3)c(=O)[nH]1. The fourth-order valence-corrected chi connectivity index (χ4v) is 8.79. The van der Waals surface area contributed by atoms with Crippen molar-refractivity contribution in [3.8, 4) is 0 Å². The van der Waals surface area contributed by atoms with Crippen LogP contribution >= 0.6 is 19.0 Å². The van der Waals surface area contributed by atoms with E-state index >= 15 is 0 Å². The van der Waals surface area contributed by atoms with Crippen LogP contribution in [0.2, 0.25) is 0 Å². The Morgan fingerprint density at radius 2 is 2.04 bits per heavy atom. The number of H-pyrrole nitrogens is 1. The van der Waals surface area contributed by atoms with Crippen molar-refractivity contribution in [2.45, 2.75) is 57.1 Å². The number of thiol groups is 1. The Balaban J connectivity index is 1.21. The van der Waals surface area contributed by atoms with Gasteiger partial charge in [0.05, 0.1) is 44.3 Å². The molecule has 1 amide bonds. The van der Waals surface area contributed by atoms with Crippen LogP contribution in [-0.2, 0) is 43.4 Å². The first-order valence-electron chi connectivity index (χ1n) is 14.7. The Bertz CT molecular complexity index is 2070. The Morgan fingerprint density at radius 3 is 2.85 bits per heavy atom. The Morgan fingerprint density at radius 1 is 1.21 bits per heavy atom. The second kappa shape index (κ2) is 12.0. The van der Waals surface area contributed by atoms with Gasteiger partial charge in [0.25, 0.3) is 5.56 Å². The minimum atomic E-state index is -4.52. The quantitative estimate of drug-likeness (QED) is 0.172. The number of nitrogens with zero attached hydrogens (tertiary/aromatic N) is 7. The van der Waals surface area contributed by atoms with Crippen LogP contribution in [0.3, 0.4) is 0 Å². The Kier molecular flexibility index (Phi) is 8.23. The average Bonchev–Trinajstić information content (AvgIpc) is 3.80. The van der Waals surface area contributed by atoms with Crippen molar-refractivity contribution < 1.29 is 35.7 Å². The molecule has 0 spiro atoms. The number of hydrogen-bond acceptors (Lipinski definition) is 14. The van der Waals surface area contributed by atoms with Crippen LogP contribution in [-0.4, -0.2) is 85.3 Å². The highest BCUT2D eigenvalue weighted by Crippen LogP contribution is 2.57. The maximum atomic E-state index is 13.6. The van der Waals surface area contributed by atoms with E-state index in [1.807, 2.05) is 4.57 Å². The molecule has 0 aromatic carbocycles. The summed E-state index contributed by atoms with van der Waals surface area (Å²) in [6, 6.07) is -0.228. The Labute approximate surface area is 272 Å². The fourth-order valence-electron chi connectivity index (χ4n) is 6.13. The lowest BCUT2D eigenvalue weighted by molar-refractivity contribution is -0.118. The first kappa shape index (κ1) is 32.3. The fraction of sp³-hybridized carbons (Fsp3) is 0.560. The van der Waals surface area contributed by atoms with Gasteiger partial charge in [0, 0.05) is 30.8 Å². The van der Waals surface area contributed by atoms with Gasteiger partial charge in [-0.05, 0) is 12.8 Å². The van der Waals surface area contributed by atoms with Gasteiger partial charge < -0.3 is 9.30 Å². The number of hydrogen-bond donors (Lipinski definition) is 4. The number of carbonyl (C=O) groups excluding carboxylic acids is 1. The van der Waals surface area contributed by atoms with Crippen molar-refractivity contribution in [1.82, 2.24) is 43.8 Å². The predicted molar refractivity (Wildman–Crippen MR) is 166 cm³/mol. The number of imidazole rings is 2. The lowest BCUT2D eigenvalue weighted by Crippen LogP contribution is -2.44. The number of anilines is 1. The van der Waals surface area contributed by atoms with E-state index in [1.54, 1.807) is 26.4 Å². The zero-order valence-electron chi connectivity index (χ0n) is 25.0. The maximum Gasteiger partial charge on any atom is 0.386 e. The van der Waals surface area contributed by atoms with Gasteiger partial charge in [0.2, 0.25) is 11.9 Å². The summed E-state index contributed by atoms with van der Waals surface area (Å²) in [4.78, 5) is 48.8. The van der Waals surface area contributed by atoms with E-state index < -0.39 is 58.3 Å². The summed E-state index contributed by atoms with van der Waals surface area (Å²) < 4.78 is 69.6. The van der Waals surface area contributed by atoms with Gasteiger partial charge in [-0.3, -0.25) is 33.5 Å². The van der Waals surface area contributed by atoms with Crippen LogP contribution in [0.5, 0.6) is 0 Å². The van der Waals surface area contributed by atoms with Gasteiger partial charge in [0.15, 0.2) is 22.5 Å². The summed E-state index contributed by atoms with van der Waals surface area (Å²) in [6.45, 7) is -1.39. The average molecular weight is 711 g/mol. The topological polar surface area (TPSA) is 236 Å². The zero-order chi connectivity index (χ0) is 33.1. The predicted octanol–water partition coefficient (Wildman–Crippen LogP) is 1.25. The molecule has 1 saturated carbocycles. The van der Waals surface area contributed by atoms with Crippen molar-refractivity contribution in [3.05, 3.63) is 35.5 Å². The molecule has 2 bridgehead atoms. The first-order valence-corrected chi connectivity index (χ1v) is 18.8. The molecule has 47 heavy (non-hydrogen) atoms. The van der Waals surface area contributed by atoms with E-state index in [0.717, 1.165) is 0 Å². The normalized spacial score (nSPS) is 31.3. The van der Waals surface area contributed by atoms with Crippen LogP contribution in [0.15, 0.2) is 30.0 Å². The van der Waals surface area contributed by atoms with Gasteiger partial charge in [0.1, 0.15) is 11.8 Å². The molecule has 2 aliphatic heterocycles. The number of nitrogens with one attached hydrogen (secondary N) is 3. The van der Waals surface area contributed by atoms with Gasteiger partial charge in [-0.1, -0.05) is 26.1 Å². The molecule has 3 fully saturated rings. The number of aromatic nitrogens is 8. The van der Waals surface area contributed by atoms with Gasteiger partial charge in [-0.2, -0.15) is 18.1 Å².